The first-order valence-corrected chi connectivity index (χ1v) is 6.46. The zero-order valence-corrected chi connectivity index (χ0v) is 11.5. The highest BCUT2D eigenvalue weighted by Crippen LogP contribution is 2.30. The standard InChI is InChI=1S/C15H14ClNO2/c1-9-5-11(8-18-9)15(17-2)14-7-10-6-12(16)3-4-13(10)19-14/h3-8,15,17H,1-2H3. The van der Waals surface area contributed by atoms with E-state index >= 15 is 0 Å². The van der Waals surface area contributed by atoms with Crippen LogP contribution in [0.25, 0.3) is 11.0 Å². The van der Waals surface area contributed by atoms with E-state index in [1.807, 2.05) is 44.3 Å². The minimum absolute atomic E-state index is 0.0244. The van der Waals surface area contributed by atoms with E-state index in [2.05, 4.69) is 5.32 Å². The lowest BCUT2D eigenvalue weighted by molar-refractivity contribution is 0.483. The van der Waals surface area contributed by atoms with Gasteiger partial charge in [-0.25, -0.2) is 0 Å². The summed E-state index contributed by atoms with van der Waals surface area (Å²) in [4.78, 5) is 0. The largest absolute Gasteiger partial charge is 0.469 e. The van der Waals surface area contributed by atoms with Crippen molar-refractivity contribution in [1.29, 1.82) is 0 Å². The zero-order valence-electron chi connectivity index (χ0n) is 10.7. The van der Waals surface area contributed by atoms with Gasteiger partial charge in [0.25, 0.3) is 0 Å². The summed E-state index contributed by atoms with van der Waals surface area (Å²) in [6, 6.07) is 9.59. The molecule has 0 saturated heterocycles. The maximum absolute atomic E-state index is 5.99. The van der Waals surface area contributed by atoms with E-state index in [9.17, 15) is 0 Å². The van der Waals surface area contributed by atoms with Gasteiger partial charge >= 0.3 is 0 Å². The molecule has 2 aromatic heterocycles. The van der Waals surface area contributed by atoms with E-state index in [0.29, 0.717) is 5.02 Å². The lowest BCUT2D eigenvalue weighted by Crippen LogP contribution is -2.16. The van der Waals surface area contributed by atoms with Gasteiger partial charge in [-0.1, -0.05) is 11.6 Å². The molecule has 1 atom stereocenters. The number of hydrogen-bond donors (Lipinski definition) is 1. The van der Waals surface area contributed by atoms with Crippen molar-refractivity contribution in [1.82, 2.24) is 5.32 Å². The first-order chi connectivity index (χ1) is 9.17. The second-order valence-corrected chi connectivity index (χ2v) is 4.98. The monoisotopic (exact) mass is 275 g/mol. The normalized spacial score (nSPS) is 13.0. The van der Waals surface area contributed by atoms with E-state index in [1.165, 1.54) is 0 Å². The molecule has 1 aromatic carbocycles. The van der Waals surface area contributed by atoms with Crippen LogP contribution < -0.4 is 5.32 Å². The fourth-order valence-corrected chi connectivity index (χ4v) is 2.45. The van der Waals surface area contributed by atoms with Crippen molar-refractivity contribution in [3.63, 3.8) is 0 Å². The Labute approximate surface area is 116 Å². The molecule has 98 valence electrons. The summed E-state index contributed by atoms with van der Waals surface area (Å²) in [5, 5.41) is 4.95. The number of hydrogen-bond acceptors (Lipinski definition) is 3. The van der Waals surface area contributed by atoms with Gasteiger partial charge < -0.3 is 14.2 Å². The molecular weight excluding hydrogens is 262 g/mol. The summed E-state index contributed by atoms with van der Waals surface area (Å²) in [5.41, 5.74) is 1.88. The second kappa shape index (κ2) is 4.76. The Morgan fingerprint density at radius 3 is 2.74 bits per heavy atom. The minimum Gasteiger partial charge on any atom is -0.469 e. The Hall–Kier alpha value is -1.71. The van der Waals surface area contributed by atoms with Crippen LogP contribution in [0.1, 0.15) is 23.1 Å². The number of halogens is 1. The molecule has 1 N–H and O–H groups in total. The number of nitrogens with one attached hydrogen (secondary N) is 1. The predicted molar refractivity (Wildman–Crippen MR) is 75.6 cm³/mol. The average molecular weight is 276 g/mol. The summed E-state index contributed by atoms with van der Waals surface area (Å²) < 4.78 is 11.2. The van der Waals surface area contributed by atoms with E-state index in [1.54, 1.807) is 6.26 Å². The maximum Gasteiger partial charge on any atom is 0.134 e. The fraction of sp³-hybridized carbons (Fsp3) is 0.200. The molecule has 0 saturated carbocycles. The molecule has 0 aliphatic heterocycles. The molecule has 19 heavy (non-hydrogen) atoms. The highest BCUT2D eigenvalue weighted by atomic mass is 35.5. The summed E-state index contributed by atoms with van der Waals surface area (Å²) >= 11 is 5.99. The predicted octanol–water partition coefficient (Wildman–Crippen LogP) is 4.30. The van der Waals surface area contributed by atoms with Crippen LogP contribution in [0.4, 0.5) is 0 Å². The van der Waals surface area contributed by atoms with Gasteiger partial charge in [0, 0.05) is 16.0 Å². The lowest BCUT2D eigenvalue weighted by Gasteiger charge is -2.10. The van der Waals surface area contributed by atoms with Crippen LogP contribution in [0.3, 0.4) is 0 Å². The van der Waals surface area contributed by atoms with E-state index in [4.69, 9.17) is 20.4 Å². The summed E-state index contributed by atoms with van der Waals surface area (Å²) in [5.74, 6) is 1.73. The molecule has 0 amide bonds. The van der Waals surface area contributed by atoms with Crippen molar-refractivity contribution >= 4 is 22.6 Å². The van der Waals surface area contributed by atoms with Crippen LogP contribution in [-0.4, -0.2) is 7.05 Å². The van der Waals surface area contributed by atoms with Gasteiger partial charge in [-0.05, 0) is 44.3 Å². The Morgan fingerprint density at radius 2 is 2.05 bits per heavy atom. The molecule has 0 bridgehead atoms. The number of aryl methyl sites for hydroxylation is 1. The highest BCUT2D eigenvalue weighted by Gasteiger charge is 2.18. The van der Waals surface area contributed by atoms with Crippen LogP contribution >= 0.6 is 11.6 Å². The number of fused-ring (bicyclic) bond motifs is 1. The first kappa shape index (κ1) is 12.3. The van der Waals surface area contributed by atoms with Gasteiger partial charge in [0.2, 0.25) is 0 Å². The third kappa shape index (κ3) is 2.27. The van der Waals surface area contributed by atoms with Crippen LogP contribution in [0.5, 0.6) is 0 Å². The Kier molecular flexibility index (Phi) is 3.09. The first-order valence-electron chi connectivity index (χ1n) is 6.08. The Balaban J connectivity index is 2.06. The quantitative estimate of drug-likeness (QED) is 0.775. The highest BCUT2D eigenvalue weighted by molar-refractivity contribution is 6.31. The Bertz CT molecular complexity index is 714. The summed E-state index contributed by atoms with van der Waals surface area (Å²) in [7, 11) is 1.90. The molecule has 3 aromatic rings. The van der Waals surface area contributed by atoms with Crippen LogP contribution in [0.2, 0.25) is 5.02 Å². The molecule has 4 heteroatoms. The summed E-state index contributed by atoms with van der Waals surface area (Å²) in [6.07, 6.45) is 1.75. The number of benzene rings is 1. The third-order valence-electron chi connectivity index (χ3n) is 3.15. The molecule has 0 aliphatic carbocycles. The Morgan fingerprint density at radius 1 is 1.21 bits per heavy atom. The molecule has 0 radical (unpaired) electrons. The van der Waals surface area contributed by atoms with Gasteiger partial charge in [0.05, 0.1) is 12.3 Å². The van der Waals surface area contributed by atoms with E-state index < -0.39 is 0 Å². The van der Waals surface area contributed by atoms with Crippen molar-refractivity contribution in [2.75, 3.05) is 7.05 Å². The molecule has 0 spiro atoms. The average Bonchev–Trinajstić information content (AvgIpc) is 2.96. The van der Waals surface area contributed by atoms with Crippen molar-refractivity contribution in [2.45, 2.75) is 13.0 Å². The van der Waals surface area contributed by atoms with Gasteiger partial charge in [-0.3, -0.25) is 0 Å². The summed E-state index contributed by atoms with van der Waals surface area (Å²) in [6.45, 7) is 1.93. The van der Waals surface area contributed by atoms with Crippen molar-refractivity contribution < 1.29 is 8.83 Å². The van der Waals surface area contributed by atoms with E-state index in [0.717, 1.165) is 28.1 Å². The maximum atomic E-state index is 5.99. The van der Waals surface area contributed by atoms with Crippen LogP contribution in [-0.2, 0) is 0 Å². The van der Waals surface area contributed by atoms with Gasteiger partial charge in [-0.2, -0.15) is 0 Å². The molecule has 0 fully saturated rings. The van der Waals surface area contributed by atoms with Crippen LogP contribution in [0, 0.1) is 6.92 Å². The van der Waals surface area contributed by atoms with Gasteiger partial charge in [0.15, 0.2) is 0 Å². The van der Waals surface area contributed by atoms with Crippen molar-refractivity contribution in [3.05, 3.63) is 58.7 Å². The van der Waals surface area contributed by atoms with Crippen molar-refractivity contribution in [2.24, 2.45) is 0 Å². The third-order valence-corrected chi connectivity index (χ3v) is 3.39. The van der Waals surface area contributed by atoms with Gasteiger partial charge in [0.1, 0.15) is 17.1 Å². The fourth-order valence-electron chi connectivity index (χ4n) is 2.27. The SMILES string of the molecule is CNC(c1coc(C)c1)c1cc2cc(Cl)ccc2o1. The molecule has 3 nitrogen and oxygen atoms in total. The second-order valence-electron chi connectivity index (χ2n) is 4.54. The minimum atomic E-state index is -0.0244. The zero-order chi connectivity index (χ0) is 13.4. The topological polar surface area (TPSA) is 38.3 Å². The lowest BCUT2D eigenvalue weighted by atomic mass is 10.1. The number of furan rings is 2. The molecule has 2 heterocycles. The molecule has 0 aliphatic rings. The molecule has 1 unspecified atom stereocenters. The van der Waals surface area contributed by atoms with Crippen molar-refractivity contribution in [3.8, 4) is 0 Å². The smallest absolute Gasteiger partial charge is 0.134 e. The molecular formula is C15H14ClNO2. The van der Waals surface area contributed by atoms with Crippen LogP contribution in [0.15, 0.2) is 45.4 Å². The van der Waals surface area contributed by atoms with Gasteiger partial charge in [-0.15, -0.1) is 0 Å². The molecule has 3 rings (SSSR count). The van der Waals surface area contributed by atoms with E-state index in [-0.39, 0.29) is 6.04 Å². The number of rotatable bonds is 3.